The van der Waals surface area contributed by atoms with E-state index in [1.165, 1.54) is 11.1 Å². The number of benzene rings is 2. The zero-order chi connectivity index (χ0) is 19.1. The van der Waals surface area contributed by atoms with Crippen LogP contribution in [0, 0.1) is 0 Å². The third kappa shape index (κ3) is 2.75. The van der Waals surface area contributed by atoms with Gasteiger partial charge in [0.1, 0.15) is 5.69 Å². The fourth-order valence-electron chi connectivity index (χ4n) is 3.65. The predicted octanol–water partition coefficient (Wildman–Crippen LogP) is 3.43. The van der Waals surface area contributed by atoms with Crippen molar-refractivity contribution in [2.75, 3.05) is 5.73 Å². The third-order valence-corrected chi connectivity index (χ3v) is 5.04. The molecule has 1 amide bonds. The van der Waals surface area contributed by atoms with Crippen molar-refractivity contribution in [1.82, 2.24) is 19.9 Å². The molecule has 4 aromatic rings. The van der Waals surface area contributed by atoms with Gasteiger partial charge in [0.2, 0.25) is 5.95 Å². The van der Waals surface area contributed by atoms with E-state index < -0.39 is 0 Å². The van der Waals surface area contributed by atoms with E-state index in [9.17, 15) is 4.79 Å². The van der Waals surface area contributed by atoms with Gasteiger partial charge >= 0.3 is 0 Å². The van der Waals surface area contributed by atoms with Gasteiger partial charge in [-0.1, -0.05) is 36.4 Å². The van der Waals surface area contributed by atoms with Crippen LogP contribution in [0.1, 0.15) is 21.6 Å². The predicted molar refractivity (Wildman–Crippen MR) is 107 cm³/mol. The molecule has 0 saturated carbocycles. The minimum atomic E-state index is -0.140. The molecule has 0 bridgehead atoms. The van der Waals surface area contributed by atoms with Crippen molar-refractivity contribution in [3.8, 4) is 11.1 Å². The van der Waals surface area contributed by atoms with Crippen molar-refractivity contribution in [2.45, 2.75) is 13.1 Å². The Morgan fingerprint density at radius 2 is 1.71 bits per heavy atom. The van der Waals surface area contributed by atoms with Crippen LogP contribution < -0.4 is 5.73 Å². The van der Waals surface area contributed by atoms with Crippen LogP contribution in [0.5, 0.6) is 0 Å². The number of amides is 1. The monoisotopic (exact) mass is 367 g/mol. The van der Waals surface area contributed by atoms with Gasteiger partial charge < -0.3 is 10.6 Å². The van der Waals surface area contributed by atoms with Gasteiger partial charge in [-0.3, -0.25) is 9.78 Å². The molecule has 0 unspecified atom stereocenters. The van der Waals surface area contributed by atoms with Gasteiger partial charge in [0.05, 0.1) is 5.52 Å². The summed E-state index contributed by atoms with van der Waals surface area (Å²) >= 11 is 0. The van der Waals surface area contributed by atoms with Crippen LogP contribution in [-0.2, 0) is 13.1 Å². The molecule has 5 rings (SSSR count). The smallest absolute Gasteiger partial charge is 0.273 e. The normalized spacial score (nSPS) is 12.9. The van der Waals surface area contributed by atoms with E-state index in [0.717, 1.165) is 11.1 Å². The Labute approximate surface area is 161 Å². The maximum absolute atomic E-state index is 13.3. The number of nitrogens with zero attached hydrogens (tertiary/aromatic N) is 4. The highest BCUT2D eigenvalue weighted by Crippen LogP contribution is 2.28. The lowest BCUT2D eigenvalue weighted by molar-refractivity contribution is 0.0747. The first-order chi connectivity index (χ1) is 13.7. The lowest BCUT2D eigenvalue weighted by Crippen LogP contribution is -2.27. The van der Waals surface area contributed by atoms with Crippen molar-refractivity contribution in [3.05, 3.63) is 83.8 Å². The van der Waals surface area contributed by atoms with Gasteiger partial charge in [-0.15, -0.1) is 0 Å². The van der Waals surface area contributed by atoms with Crippen molar-refractivity contribution in [1.29, 1.82) is 0 Å². The lowest BCUT2D eigenvalue weighted by Gasteiger charge is -2.16. The highest BCUT2D eigenvalue weighted by Gasteiger charge is 2.26. The summed E-state index contributed by atoms with van der Waals surface area (Å²) < 4.78 is 0. The SMILES string of the molecule is Nc1nc(C(=O)N2Cc3ccccc3C2)c2cc(-c3cccnc3)ccc2n1. The fourth-order valence-corrected chi connectivity index (χ4v) is 3.65. The Morgan fingerprint density at radius 3 is 2.43 bits per heavy atom. The lowest BCUT2D eigenvalue weighted by atomic mass is 10.0. The molecular formula is C22H17N5O. The summed E-state index contributed by atoms with van der Waals surface area (Å²) in [5.41, 5.74) is 11.1. The quantitative estimate of drug-likeness (QED) is 0.587. The first-order valence-electron chi connectivity index (χ1n) is 9.03. The number of nitrogen functional groups attached to an aromatic ring is 1. The summed E-state index contributed by atoms with van der Waals surface area (Å²) in [5.74, 6) is -0.0414. The summed E-state index contributed by atoms with van der Waals surface area (Å²) in [5, 5.41) is 0.691. The minimum Gasteiger partial charge on any atom is -0.368 e. The summed E-state index contributed by atoms with van der Waals surface area (Å²) in [6, 6.07) is 17.7. The average molecular weight is 367 g/mol. The standard InChI is InChI=1S/C22H17N5O/c23-22-25-19-8-7-14(15-6-3-9-24-11-15)10-18(19)20(26-22)21(28)27-12-16-4-1-2-5-17(16)13-27/h1-11H,12-13H2,(H2,23,25,26). The second kappa shape index (κ2) is 6.42. The molecule has 136 valence electrons. The number of aromatic nitrogens is 3. The van der Waals surface area contributed by atoms with Crippen LogP contribution in [-0.4, -0.2) is 25.8 Å². The van der Waals surface area contributed by atoms with Crippen LogP contribution in [0.15, 0.2) is 67.0 Å². The first kappa shape index (κ1) is 16.4. The largest absolute Gasteiger partial charge is 0.368 e. The number of hydrogen-bond acceptors (Lipinski definition) is 5. The van der Waals surface area contributed by atoms with E-state index in [0.29, 0.717) is 29.7 Å². The van der Waals surface area contributed by atoms with E-state index in [1.807, 2.05) is 42.5 Å². The Balaban J connectivity index is 1.59. The molecule has 6 heteroatoms. The molecule has 0 saturated heterocycles. The third-order valence-electron chi connectivity index (χ3n) is 5.04. The number of fused-ring (bicyclic) bond motifs is 2. The van der Waals surface area contributed by atoms with E-state index in [-0.39, 0.29) is 11.9 Å². The van der Waals surface area contributed by atoms with Crippen LogP contribution in [0.25, 0.3) is 22.0 Å². The second-order valence-electron chi connectivity index (χ2n) is 6.83. The molecule has 1 aliphatic heterocycles. The summed E-state index contributed by atoms with van der Waals surface area (Å²) in [6.45, 7) is 1.14. The number of pyridine rings is 1. The molecule has 2 aromatic carbocycles. The molecule has 0 atom stereocenters. The van der Waals surface area contributed by atoms with Crippen molar-refractivity contribution >= 4 is 22.8 Å². The van der Waals surface area contributed by atoms with Crippen LogP contribution in [0.4, 0.5) is 5.95 Å². The highest BCUT2D eigenvalue weighted by molar-refractivity contribution is 6.05. The van der Waals surface area contributed by atoms with Crippen molar-refractivity contribution in [3.63, 3.8) is 0 Å². The topological polar surface area (TPSA) is 85.0 Å². The molecule has 2 aromatic heterocycles. The summed E-state index contributed by atoms with van der Waals surface area (Å²) in [6.07, 6.45) is 3.52. The number of nitrogens with two attached hydrogens (primary N) is 1. The summed E-state index contributed by atoms with van der Waals surface area (Å²) in [4.78, 5) is 27.9. The summed E-state index contributed by atoms with van der Waals surface area (Å²) in [7, 11) is 0. The van der Waals surface area contributed by atoms with Gasteiger partial charge in [0.25, 0.3) is 5.91 Å². The molecule has 6 nitrogen and oxygen atoms in total. The van der Waals surface area contributed by atoms with Crippen LogP contribution >= 0.6 is 0 Å². The molecule has 2 N–H and O–H groups in total. The molecular weight excluding hydrogens is 350 g/mol. The van der Waals surface area contributed by atoms with E-state index in [4.69, 9.17) is 5.73 Å². The van der Waals surface area contributed by atoms with Gasteiger partial charge in [0, 0.05) is 36.4 Å². The molecule has 0 fully saturated rings. The van der Waals surface area contributed by atoms with Crippen LogP contribution in [0.2, 0.25) is 0 Å². The number of carbonyl (C=O) groups is 1. The first-order valence-corrected chi connectivity index (χ1v) is 9.03. The number of hydrogen-bond donors (Lipinski definition) is 1. The highest BCUT2D eigenvalue weighted by atomic mass is 16.2. The van der Waals surface area contributed by atoms with Gasteiger partial charge in [-0.25, -0.2) is 9.97 Å². The molecule has 0 radical (unpaired) electrons. The van der Waals surface area contributed by atoms with Gasteiger partial charge in [0.15, 0.2) is 0 Å². The Morgan fingerprint density at radius 1 is 0.929 bits per heavy atom. The zero-order valence-corrected chi connectivity index (χ0v) is 15.0. The Hall–Kier alpha value is -3.80. The van der Waals surface area contributed by atoms with Crippen molar-refractivity contribution in [2.24, 2.45) is 0 Å². The Kier molecular flexibility index (Phi) is 3.76. The number of anilines is 1. The van der Waals surface area contributed by atoms with Crippen molar-refractivity contribution < 1.29 is 4.79 Å². The number of carbonyl (C=O) groups excluding carboxylic acids is 1. The molecule has 28 heavy (non-hydrogen) atoms. The molecule has 3 heterocycles. The second-order valence-corrected chi connectivity index (χ2v) is 6.83. The Bertz CT molecular complexity index is 1180. The maximum atomic E-state index is 13.3. The van der Waals surface area contributed by atoms with E-state index in [1.54, 1.807) is 17.3 Å². The maximum Gasteiger partial charge on any atom is 0.273 e. The average Bonchev–Trinajstić information content (AvgIpc) is 3.17. The van der Waals surface area contributed by atoms with E-state index in [2.05, 4.69) is 27.1 Å². The van der Waals surface area contributed by atoms with Crippen LogP contribution in [0.3, 0.4) is 0 Å². The fraction of sp³-hybridized carbons (Fsp3) is 0.0909. The van der Waals surface area contributed by atoms with Gasteiger partial charge in [-0.05, 0) is 34.9 Å². The zero-order valence-electron chi connectivity index (χ0n) is 15.0. The molecule has 0 aliphatic carbocycles. The number of rotatable bonds is 2. The molecule has 0 spiro atoms. The minimum absolute atomic E-state index is 0.0988. The van der Waals surface area contributed by atoms with Gasteiger partial charge in [-0.2, -0.15) is 0 Å². The van der Waals surface area contributed by atoms with E-state index >= 15 is 0 Å². The molecule has 1 aliphatic rings.